The fourth-order valence-corrected chi connectivity index (χ4v) is 5.69. The molecule has 118 valence electrons. The van der Waals surface area contributed by atoms with Gasteiger partial charge in [-0.3, -0.25) is 0 Å². The first-order valence-corrected chi connectivity index (χ1v) is 9.27. The van der Waals surface area contributed by atoms with Crippen molar-refractivity contribution in [2.75, 3.05) is 23.8 Å². The second kappa shape index (κ2) is 5.18. The second-order valence-electron chi connectivity index (χ2n) is 4.88. The van der Waals surface area contributed by atoms with Crippen molar-refractivity contribution in [3.8, 4) is 0 Å². The summed E-state index contributed by atoms with van der Waals surface area (Å²) in [6.07, 6.45) is 0. The Bertz CT molecular complexity index is 778. The molecule has 1 aliphatic heterocycles. The lowest BCUT2D eigenvalue weighted by Crippen LogP contribution is -2.49. The van der Waals surface area contributed by atoms with E-state index in [4.69, 9.17) is 5.73 Å². The lowest BCUT2D eigenvalue weighted by molar-refractivity contribution is 0.354. The van der Waals surface area contributed by atoms with Crippen LogP contribution in [0.1, 0.15) is 6.92 Å². The largest absolute Gasteiger partial charge is 0.396 e. The molecule has 0 saturated carbocycles. The highest BCUT2D eigenvalue weighted by atomic mass is 32.2. The Morgan fingerprint density at radius 3 is 2.48 bits per heavy atom. The monoisotopic (exact) mass is 340 g/mol. The van der Waals surface area contributed by atoms with Crippen molar-refractivity contribution in [2.24, 2.45) is 0 Å². The third-order valence-electron chi connectivity index (χ3n) is 3.25. The van der Waals surface area contributed by atoms with Crippen molar-refractivity contribution < 1.29 is 25.6 Å². The summed E-state index contributed by atoms with van der Waals surface area (Å²) in [7, 11) is -7.60. The number of nitrogens with zero attached hydrogens (tertiary/aromatic N) is 1. The molecular weight excluding hydrogens is 326 g/mol. The van der Waals surface area contributed by atoms with E-state index in [0.717, 1.165) is 4.31 Å². The summed E-state index contributed by atoms with van der Waals surface area (Å²) in [5, 5.41) is 0. The van der Waals surface area contributed by atoms with E-state index in [1.807, 2.05) is 0 Å². The van der Waals surface area contributed by atoms with Gasteiger partial charge in [0.1, 0.15) is 16.5 Å². The van der Waals surface area contributed by atoms with Crippen molar-refractivity contribution in [1.82, 2.24) is 4.31 Å². The molecule has 0 spiro atoms. The van der Waals surface area contributed by atoms with Crippen molar-refractivity contribution in [3.63, 3.8) is 0 Å². The van der Waals surface area contributed by atoms with Gasteiger partial charge in [-0.2, -0.15) is 4.31 Å². The van der Waals surface area contributed by atoms with Gasteiger partial charge in [-0.15, -0.1) is 0 Å². The molecule has 1 atom stereocenters. The number of sulfonamides is 1. The van der Waals surface area contributed by atoms with Gasteiger partial charge in [0, 0.05) is 18.7 Å². The Hall–Kier alpha value is -1.26. The van der Waals surface area contributed by atoms with E-state index in [1.54, 1.807) is 0 Å². The molecule has 6 nitrogen and oxygen atoms in total. The molecule has 1 aromatic carbocycles. The van der Waals surface area contributed by atoms with Gasteiger partial charge in [0.25, 0.3) is 0 Å². The maximum atomic E-state index is 13.7. The zero-order valence-electron chi connectivity index (χ0n) is 11.1. The summed E-state index contributed by atoms with van der Waals surface area (Å²) in [4.78, 5) is -0.757. The van der Waals surface area contributed by atoms with Gasteiger partial charge in [0.2, 0.25) is 10.0 Å². The average Bonchev–Trinajstić information content (AvgIpc) is 2.31. The van der Waals surface area contributed by atoms with Crippen molar-refractivity contribution in [3.05, 3.63) is 23.8 Å². The van der Waals surface area contributed by atoms with Crippen LogP contribution in [0.15, 0.2) is 17.0 Å². The Morgan fingerprint density at radius 1 is 1.29 bits per heavy atom. The van der Waals surface area contributed by atoms with E-state index < -0.39 is 48.1 Å². The van der Waals surface area contributed by atoms with E-state index in [2.05, 4.69) is 0 Å². The van der Waals surface area contributed by atoms with Crippen LogP contribution in [0.4, 0.5) is 14.5 Å². The number of rotatable bonds is 2. The van der Waals surface area contributed by atoms with Crippen LogP contribution in [0.25, 0.3) is 0 Å². The molecule has 0 amide bonds. The molecule has 21 heavy (non-hydrogen) atoms. The summed E-state index contributed by atoms with van der Waals surface area (Å²) >= 11 is 0. The normalized spacial score (nSPS) is 23.1. The molecule has 1 heterocycles. The van der Waals surface area contributed by atoms with Crippen LogP contribution in [0.3, 0.4) is 0 Å². The zero-order valence-corrected chi connectivity index (χ0v) is 12.7. The number of sulfone groups is 1. The molecule has 1 aliphatic rings. The maximum absolute atomic E-state index is 13.7. The Labute approximate surface area is 121 Å². The Balaban J connectivity index is 2.46. The van der Waals surface area contributed by atoms with E-state index in [0.29, 0.717) is 12.1 Å². The van der Waals surface area contributed by atoms with E-state index in [9.17, 15) is 25.6 Å². The van der Waals surface area contributed by atoms with E-state index in [-0.39, 0.29) is 18.1 Å². The molecule has 0 bridgehead atoms. The average molecular weight is 340 g/mol. The van der Waals surface area contributed by atoms with E-state index >= 15 is 0 Å². The highest BCUT2D eigenvalue weighted by Gasteiger charge is 2.38. The van der Waals surface area contributed by atoms with Gasteiger partial charge in [-0.1, -0.05) is 0 Å². The van der Waals surface area contributed by atoms with Crippen LogP contribution < -0.4 is 5.73 Å². The fourth-order valence-electron chi connectivity index (χ4n) is 2.21. The Morgan fingerprint density at radius 2 is 1.90 bits per heavy atom. The molecule has 0 aliphatic carbocycles. The highest BCUT2D eigenvalue weighted by molar-refractivity contribution is 7.92. The number of halogens is 2. The lowest BCUT2D eigenvalue weighted by atomic mass is 10.3. The van der Waals surface area contributed by atoms with Crippen LogP contribution in [0.5, 0.6) is 0 Å². The first-order chi connectivity index (χ1) is 9.54. The van der Waals surface area contributed by atoms with E-state index in [1.165, 1.54) is 6.92 Å². The van der Waals surface area contributed by atoms with Crippen LogP contribution >= 0.6 is 0 Å². The minimum Gasteiger partial charge on any atom is -0.396 e. The Kier molecular flexibility index (Phi) is 3.98. The predicted molar refractivity (Wildman–Crippen MR) is 72.8 cm³/mol. The molecule has 2 N–H and O–H groups in total. The molecule has 1 saturated heterocycles. The van der Waals surface area contributed by atoms with Gasteiger partial charge in [0.05, 0.1) is 17.2 Å². The van der Waals surface area contributed by atoms with Gasteiger partial charge >= 0.3 is 0 Å². The van der Waals surface area contributed by atoms with Crippen LogP contribution in [-0.4, -0.2) is 45.2 Å². The van der Waals surface area contributed by atoms with Gasteiger partial charge in [0.15, 0.2) is 9.84 Å². The number of nitrogen functional groups attached to an aromatic ring is 1. The smallest absolute Gasteiger partial charge is 0.246 e. The first kappa shape index (κ1) is 16.1. The molecule has 0 radical (unpaired) electrons. The summed E-state index contributed by atoms with van der Waals surface area (Å²) in [6, 6.07) is 0.267. The number of benzene rings is 1. The fraction of sp³-hybridized carbons (Fsp3) is 0.455. The maximum Gasteiger partial charge on any atom is 0.246 e. The van der Waals surface area contributed by atoms with Crippen molar-refractivity contribution in [2.45, 2.75) is 17.9 Å². The van der Waals surface area contributed by atoms with Gasteiger partial charge in [-0.05, 0) is 13.0 Å². The third-order valence-corrected chi connectivity index (χ3v) is 7.07. The molecule has 0 aromatic heterocycles. The van der Waals surface area contributed by atoms with Crippen LogP contribution in [0.2, 0.25) is 0 Å². The third kappa shape index (κ3) is 3.01. The lowest BCUT2D eigenvalue weighted by Gasteiger charge is -2.32. The van der Waals surface area contributed by atoms with Crippen molar-refractivity contribution >= 4 is 25.5 Å². The number of nitrogens with two attached hydrogens (primary N) is 1. The molecule has 1 aromatic rings. The minimum absolute atomic E-state index is 0.275. The highest BCUT2D eigenvalue weighted by Crippen LogP contribution is 2.27. The number of anilines is 1. The first-order valence-electron chi connectivity index (χ1n) is 6.01. The summed E-state index contributed by atoms with van der Waals surface area (Å²) in [5.41, 5.74) is 4.78. The molecule has 2 rings (SSSR count). The standard InChI is InChI=1S/C11H14F2N2O4S2/c1-7-6-20(16,17)3-2-15(7)21(18,19)11-5-10(14)8(12)4-9(11)13/h4-5,7H,2-3,6,14H2,1H3. The van der Waals surface area contributed by atoms with Crippen LogP contribution in [0, 0.1) is 11.6 Å². The van der Waals surface area contributed by atoms with Crippen molar-refractivity contribution in [1.29, 1.82) is 0 Å². The number of hydrogen-bond donors (Lipinski definition) is 1. The molecular formula is C11H14F2N2O4S2. The zero-order chi connectivity index (χ0) is 16.0. The molecule has 1 unspecified atom stereocenters. The van der Waals surface area contributed by atoms with Gasteiger partial charge in [-0.25, -0.2) is 25.6 Å². The summed E-state index contributed by atoms with van der Waals surface area (Å²) < 4.78 is 75.5. The second-order valence-corrected chi connectivity index (χ2v) is 8.97. The number of hydrogen-bond acceptors (Lipinski definition) is 5. The minimum atomic E-state index is -4.28. The SMILES string of the molecule is CC1CS(=O)(=O)CCN1S(=O)(=O)c1cc(N)c(F)cc1F. The summed E-state index contributed by atoms with van der Waals surface area (Å²) in [6.45, 7) is 1.14. The summed E-state index contributed by atoms with van der Waals surface area (Å²) in [5.74, 6) is -3.00. The molecule has 1 fully saturated rings. The van der Waals surface area contributed by atoms with Gasteiger partial charge < -0.3 is 5.73 Å². The topological polar surface area (TPSA) is 97.5 Å². The predicted octanol–water partition coefficient (Wildman–Crippen LogP) is 0.355. The van der Waals surface area contributed by atoms with Crippen LogP contribution in [-0.2, 0) is 19.9 Å². The molecule has 10 heteroatoms. The quantitative estimate of drug-likeness (QED) is 0.784.